The molecule has 2 aliphatic rings. The van der Waals surface area contributed by atoms with Crippen molar-refractivity contribution in [2.24, 2.45) is 17.8 Å². The zero-order valence-corrected chi connectivity index (χ0v) is 5.77. The predicted octanol–water partition coefficient (Wildman–Crippen LogP) is 2.41. The molecule has 0 bridgehead atoms. The number of hydrogen-bond acceptors (Lipinski definition) is 0. The second-order valence-electron chi connectivity index (χ2n) is 3.34. The molecule has 0 spiro atoms. The fraction of sp³-hybridized carbons (Fsp3) is 0.778. The van der Waals surface area contributed by atoms with Gasteiger partial charge in [-0.25, -0.2) is 0 Å². The zero-order chi connectivity index (χ0) is 6.27. The van der Waals surface area contributed by atoms with Crippen molar-refractivity contribution < 1.29 is 0 Å². The van der Waals surface area contributed by atoms with Crippen molar-refractivity contribution in [2.45, 2.75) is 25.7 Å². The van der Waals surface area contributed by atoms with Crippen molar-refractivity contribution >= 4 is 0 Å². The second-order valence-corrected chi connectivity index (χ2v) is 3.34. The molecule has 2 unspecified atom stereocenters. The third kappa shape index (κ3) is 0.726. The molecule has 9 heavy (non-hydrogen) atoms. The molecule has 0 heteroatoms. The molecule has 0 aliphatic heterocycles. The Kier molecular flexibility index (Phi) is 1.14. The first-order valence-corrected chi connectivity index (χ1v) is 3.96. The van der Waals surface area contributed by atoms with E-state index in [9.17, 15) is 0 Å². The van der Waals surface area contributed by atoms with Crippen LogP contribution in [0.5, 0.6) is 0 Å². The van der Waals surface area contributed by atoms with Crippen LogP contribution in [0.4, 0.5) is 0 Å². The topological polar surface area (TPSA) is 0 Å². The van der Waals surface area contributed by atoms with Gasteiger partial charge in [0.1, 0.15) is 0 Å². The lowest BCUT2D eigenvalue weighted by Crippen LogP contribution is -1.91. The first-order chi connectivity index (χ1) is 4.43. The van der Waals surface area contributed by atoms with E-state index in [0.29, 0.717) is 0 Å². The molecule has 0 aromatic rings. The molecule has 2 atom stereocenters. The van der Waals surface area contributed by atoms with Gasteiger partial charge in [-0.2, -0.15) is 0 Å². The van der Waals surface area contributed by atoms with Crippen molar-refractivity contribution in [1.29, 1.82) is 0 Å². The molecule has 2 fully saturated rings. The minimum absolute atomic E-state index is 0.799. The van der Waals surface area contributed by atoms with Gasteiger partial charge in [-0.3, -0.25) is 0 Å². The molecule has 2 rings (SSSR count). The lowest BCUT2D eigenvalue weighted by Gasteiger charge is -2.04. The highest BCUT2D eigenvalue weighted by atomic mass is 14.5. The van der Waals surface area contributed by atoms with E-state index in [0.717, 1.165) is 17.8 Å². The lowest BCUT2D eigenvalue weighted by molar-refractivity contribution is 0.480. The smallest absolute Gasteiger partial charge is 0.0103 e. The SMILES string of the molecule is C=[C]C1C2CCCCC12. The Bertz CT molecular complexity index is 114. The van der Waals surface area contributed by atoms with E-state index in [1.54, 1.807) is 0 Å². The van der Waals surface area contributed by atoms with Crippen molar-refractivity contribution in [3.63, 3.8) is 0 Å². The zero-order valence-electron chi connectivity index (χ0n) is 5.77. The van der Waals surface area contributed by atoms with Gasteiger partial charge in [0.15, 0.2) is 0 Å². The Labute approximate surface area is 57.0 Å². The van der Waals surface area contributed by atoms with Crippen LogP contribution in [-0.2, 0) is 0 Å². The van der Waals surface area contributed by atoms with Gasteiger partial charge in [-0.05, 0) is 36.7 Å². The van der Waals surface area contributed by atoms with Gasteiger partial charge in [0, 0.05) is 0 Å². The summed E-state index contributed by atoms with van der Waals surface area (Å²) in [4.78, 5) is 0. The van der Waals surface area contributed by atoms with E-state index in [1.165, 1.54) is 25.7 Å². The fourth-order valence-electron chi connectivity index (χ4n) is 2.30. The summed E-state index contributed by atoms with van der Waals surface area (Å²) >= 11 is 0. The van der Waals surface area contributed by atoms with Crippen LogP contribution in [0.15, 0.2) is 6.58 Å². The normalized spacial score (nSPS) is 47.8. The summed E-state index contributed by atoms with van der Waals surface area (Å²) in [6.45, 7) is 3.72. The van der Waals surface area contributed by atoms with Crippen LogP contribution < -0.4 is 0 Å². The Balaban J connectivity index is 1.98. The summed E-state index contributed by atoms with van der Waals surface area (Å²) in [5.41, 5.74) is 0. The summed E-state index contributed by atoms with van der Waals surface area (Å²) in [6, 6.07) is 0. The minimum Gasteiger partial charge on any atom is -0.0953 e. The maximum absolute atomic E-state index is 3.72. The average molecular weight is 121 g/mol. The van der Waals surface area contributed by atoms with Gasteiger partial charge < -0.3 is 0 Å². The third-order valence-corrected chi connectivity index (χ3v) is 2.89. The average Bonchev–Trinajstić information content (AvgIpc) is 2.60. The van der Waals surface area contributed by atoms with Crippen LogP contribution >= 0.6 is 0 Å². The number of rotatable bonds is 1. The highest BCUT2D eigenvalue weighted by Crippen LogP contribution is 2.55. The maximum Gasteiger partial charge on any atom is -0.0103 e. The molecule has 0 aromatic carbocycles. The molecule has 0 N–H and O–H groups in total. The number of hydrogen-bond donors (Lipinski definition) is 0. The van der Waals surface area contributed by atoms with Crippen molar-refractivity contribution in [3.05, 3.63) is 12.7 Å². The van der Waals surface area contributed by atoms with Crippen molar-refractivity contribution in [3.8, 4) is 0 Å². The predicted molar refractivity (Wildman–Crippen MR) is 37.8 cm³/mol. The van der Waals surface area contributed by atoms with Gasteiger partial charge >= 0.3 is 0 Å². The van der Waals surface area contributed by atoms with Crippen molar-refractivity contribution in [2.75, 3.05) is 0 Å². The van der Waals surface area contributed by atoms with Crippen LogP contribution in [0, 0.1) is 23.8 Å². The first kappa shape index (κ1) is 5.52. The molecule has 0 amide bonds. The van der Waals surface area contributed by atoms with Gasteiger partial charge in [-0.15, -0.1) is 0 Å². The molecule has 0 nitrogen and oxygen atoms in total. The number of fused-ring (bicyclic) bond motifs is 1. The summed E-state index contributed by atoms with van der Waals surface area (Å²) in [6.07, 6.45) is 8.96. The molecular formula is C9H13. The Morgan fingerprint density at radius 1 is 1.11 bits per heavy atom. The van der Waals surface area contributed by atoms with Gasteiger partial charge in [0.2, 0.25) is 0 Å². The summed E-state index contributed by atoms with van der Waals surface area (Å²) < 4.78 is 0. The summed E-state index contributed by atoms with van der Waals surface area (Å²) in [5.74, 6) is 2.82. The summed E-state index contributed by atoms with van der Waals surface area (Å²) in [7, 11) is 0. The third-order valence-electron chi connectivity index (χ3n) is 2.89. The largest absolute Gasteiger partial charge is 0.0953 e. The molecule has 2 saturated carbocycles. The quantitative estimate of drug-likeness (QED) is 0.499. The molecular weight excluding hydrogens is 108 g/mol. The highest BCUT2D eigenvalue weighted by molar-refractivity contribution is 5.03. The Morgan fingerprint density at radius 2 is 1.67 bits per heavy atom. The van der Waals surface area contributed by atoms with E-state index >= 15 is 0 Å². The molecule has 1 radical (unpaired) electrons. The molecule has 2 aliphatic carbocycles. The van der Waals surface area contributed by atoms with E-state index in [4.69, 9.17) is 0 Å². The van der Waals surface area contributed by atoms with Gasteiger partial charge in [0.05, 0.1) is 0 Å². The minimum atomic E-state index is 0.799. The van der Waals surface area contributed by atoms with E-state index in [1.807, 2.05) is 0 Å². The number of allylic oxidation sites excluding steroid dienone is 1. The van der Waals surface area contributed by atoms with Crippen LogP contribution in [0.2, 0.25) is 0 Å². The summed E-state index contributed by atoms with van der Waals surface area (Å²) in [5, 5.41) is 0. The molecule has 0 heterocycles. The first-order valence-electron chi connectivity index (χ1n) is 3.96. The second kappa shape index (κ2) is 1.86. The van der Waals surface area contributed by atoms with E-state index in [2.05, 4.69) is 12.7 Å². The Morgan fingerprint density at radius 3 is 2.11 bits per heavy atom. The maximum atomic E-state index is 3.72. The van der Waals surface area contributed by atoms with Crippen LogP contribution in [0.25, 0.3) is 0 Å². The van der Waals surface area contributed by atoms with Gasteiger partial charge in [-0.1, -0.05) is 19.4 Å². The van der Waals surface area contributed by atoms with Gasteiger partial charge in [0.25, 0.3) is 0 Å². The highest BCUT2D eigenvalue weighted by Gasteiger charge is 2.48. The monoisotopic (exact) mass is 121 g/mol. The van der Waals surface area contributed by atoms with Crippen molar-refractivity contribution in [1.82, 2.24) is 0 Å². The Hall–Kier alpha value is -0.260. The van der Waals surface area contributed by atoms with E-state index in [-0.39, 0.29) is 0 Å². The van der Waals surface area contributed by atoms with Crippen LogP contribution in [-0.4, -0.2) is 0 Å². The fourth-order valence-corrected chi connectivity index (χ4v) is 2.30. The van der Waals surface area contributed by atoms with Crippen LogP contribution in [0.3, 0.4) is 0 Å². The standard InChI is InChI=1S/C9H13/c1-2-7-8-5-3-4-6-9(7)8/h7-9H,1,3-6H2. The molecule has 0 aromatic heterocycles. The molecule has 0 saturated heterocycles. The van der Waals surface area contributed by atoms with Crippen LogP contribution in [0.1, 0.15) is 25.7 Å². The van der Waals surface area contributed by atoms with E-state index < -0.39 is 0 Å². The molecule has 49 valence electrons. The lowest BCUT2D eigenvalue weighted by atomic mass is 10.0.